The van der Waals surface area contributed by atoms with Crippen molar-refractivity contribution >= 4 is 11.9 Å². The molecule has 1 atom stereocenters. The molecule has 0 saturated carbocycles. The van der Waals surface area contributed by atoms with Crippen molar-refractivity contribution < 1.29 is 19.2 Å². The summed E-state index contributed by atoms with van der Waals surface area (Å²) in [5, 5.41) is 0. The Balaban J connectivity index is 2.64. The van der Waals surface area contributed by atoms with E-state index in [2.05, 4.69) is 21.6 Å². The molecule has 0 amide bonds. The summed E-state index contributed by atoms with van der Waals surface area (Å²) in [5.74, 6) is -1.16. The van der Waals surface area contributed by atoms with Gasteiger partial charge in [-0.25, -0.2) is 4.79 Å². The van der Waals surface area contributed by atoms with Gasteiger partial charge in [0.25, 0.3) is 0 Å². The third-order valence-electron chi connectivity index (χ3n) is 2.24. The van der Waals surface area contributed by atoms with E-state index in [1.165, 1.54) is 7.11 Å². The number of nitrogens with one attached hydrogen (secondary N) is 1. The summed E-state index contributed by atoms with van der Waals surface area (Å²) in [6, 6.07) is 8.59. The molecule has 0 aliphatic carbocycles. The Labute approximate surface area is 105 Å². The predicted molar refractivity (Wildman–Crippen MR) is 65.4 cm³/mol. The summed E-state index contributed by atoms with van der Waals surface area (Å²) >= 11 is 0. The first-order valence-electron chi connectivity index (χ1n) is 5.38. The normalized spacial score (nSPS) is 11.4. The molecule has 0 saturated heterocycles. The van der Waals surface area contributed by atoms with Crippen LogP contribution in [0.25, 0.3) is 0 Å². The summed E-state index contributed by atoms with van der Waals surface area (Å²) in [5.41, 5.74) is 3.30. The summed E-state index contributed by atoms with van der Waals surface area (Å²) in [6.45, 7) is 3.26. The molecule has 0 aliphatic rings. The first-order chi connectivity index (χ1) is 8.67. The summed E-state index contributed by atoms with van der Waals surface area (Å²) in [7, 11) is 1.28. The fourth-order valence-electron chi connectivity index (χ4n) is 1.34. The average Bonchev–Trinajstić information content (AvgIpc) is 2.43. The van der Waals surface area contributed by atoms with Crippen molar-refractivity contribution in [1.29, 1.82) is 0 Å². The minimum atomic E-state index is -0.749. The van der Waals surface area contributed by atoms with Gasteiger partial charge in [-0.15, -0.1) is 5.48 Å². The standard InChI is InChI=1S/C13H15NO4/c1-3-12(15)18-14-11(13(16)17-2)9-10-7-5-4-6-8-10/h3-8,11,14H,1,9H2,2H3/t11-/m0/s1. The molecule has 0 bridgehead atoms. The summed E-state index contributed by atoms with van der Waals surface area (Å²) in [6.07, 6.45) is 1.36. The van der Waals surface area contributed by atoms with Gasteiger partial charge in [0.05, 0.1) is 7.11 Å². The van der Waals surface area contributed by atoms with E-state index < -0.39 is 18.0 Å². The van der Waals surface area contributed by atoms with Crippen molar-refractivity contribution in [2.45, 2.75) is 12.5 Å². The van der Waals surface area contributed by atoms with Crippen LogP contribution in [0.3, 0.4) is 0 Å². The molecule has 1 rings (SSSR count). The summed E-state index contributed by atoms with van der Waals surface area (Å²) < 4.78 is 4.63. The quantitative estimate of drug-likeness (QED) is 0.463. The van der Waals surface area contributed by atoms with E-state index >= 15 is 0 Å². The van der Waals surface area contributed by atoms with Crippen LogP contribution >= 0.6 is 0 Å². The van der Waals surface area contributed by atoms with Crippen molar-refractivity contribution in [3.05, 3.63) is 48.6 Å². The molecule has 0 unspecified atom stereocenters. The molecule has 18 heavy (non-hydrogen) atoms. The van der Waals surface area contributed by atoms with E-state index in [-0.39, 0.29) is 0 Å². The van der Waals surface area contributed by atoms with Crippen LogP contribution in [0.15, 0.2) is 43.0 Å². The van der Waals surface area contributed by atoms with E-state index in [0.29, 0.717) is 6.42 Å². The van der Waals surface area contributed by atoms with Crippen LogP contribution in [0.5, 0.6) is 0 Å². The zero-order chi connectivity index (χ0) is 13.4. The fourth-order valence-corrected chi connectivity index (χ4v) is 1.34. The van der Waals surface area contributed by atoms with Crippen LogP contribution in [0.4, 0.5) is 0 Å². The number of carbonyl (C=O) groups excluding carboxylic acids is 2. The van der Waals surface area contributed by atoms with Gasteiger partial charge in [-0.1, -0.05) is 36.9 Å². The molecule has 96 valence electrons. The lowest BCUT2D eigenvalue weighted by atomic mass is 10.1. The molecule has 5 nitrogen and oxygen atoms in total. The highest BCUT2D eigenvalue weighted by Gasteiger charge is 2.20. The zero-order valence-corrected chi connectivity index (χ0v) is 10.1. The van der Waals surface area contributed by atoms with Crippen LogP contribution in [0, 0.1) is 0 Å². The SMILES string of the molecule is C=CC(=O)ON[C@@H](Cc1ccccc1)C(=O)OC. The highest BCUT2D eigenvalue weighted by molar-refractivity contribution is 5.81. The lowest BCUT2D eigenvalue weighted by Crippen LogP contribution is -2.40. The van der Waals surface area contributed by atoms with Crippen LogP contribution in [0.2, 0.25) is 0 Å². The maximum atomic E-state index is 11.5. The molecule has 0 aromatic heterocycles. The highest BCUT2D eigenvalue weighted by Crippen LogP contribution is 2.04. The largest absolute Gasteiger partial charge is 0.468 e. The molecule has 1 aromatic carbocycles. The lowest BCUT2D eigenvalue weighted by molar-refractivity contribution is -0.155. The Morgan fingerprint density at radius 3 is 2.61 bits per heavy atom. The number of carbonyl (C=O) groups is 2. The Kier molecular flexibility index (Phi) is 5.60. The van der Waals surface area contributed by atoms with E-state index in [1.807, 2.05) is 30.3 Å². The third kappa shape index (κ3) is 4.39. The second kappa shape index (κ2) is 7.24. The number of rotatable bonds is 6. The van der Waals surface area contributed by atoms with Crippen LogP contribution in [0.1, 0.15) is 5.56 Å². The Bertz CT molecular complexity index is 416. The maximum Gasteiger partial charge on any atom is 0.348 e. The van der Waals surface area contributed by atoms with Gasteiger partial charge in [-0.05, 0) is 5.56 Å². The molecular weight excluding hydrogens is 234 g/mol. The number of hydroxylamine groups is 1. The minimum absolute atomic E-state index is 0.359. The van der Waals surface area contributed by atoms with Crippen molar-refractivity contribution in [3.63, 3.8) is 0 Å². The molecule has 1 aromatic rings. The van der Waals surface area contributed by atoms with Gasteiger partial charge >= 0.3 is 11.9 Å². The molecule has 0 radical (unpaired) electrons. The Hall–Kier alpha value is -2.14. The van der Waals surface area contributed by atoms with Gasteiger partial charge < -0.3 is 9.57 Å². The van der Waals surface area contributed by atoms with Gasteiger partial charge in [-0.3, -0.25) is 4.79 Å². The van der Waals surface area contributed by atoms with E-state index in [1.54, 1.807) is 0 Å². The van der Waals surface area contributed by atoms with Crippen molar-refractivity contribution in [2.75, 3.05) is 7.11 Å². The first-order valence-corrected chi connectivity index (χ1v) is 5.38. The second-order valence-corrected chi connectivity index (χ2v) is 3.51. The molecule has 5 heteroatoms. The second-order valence-electron chi connectivity index (χ2n) is 3.51. The number of benzene rings is 1. The van der Waals surface area contributed by atoms with Gasteiger partial charge in [0.15, 0.2) is 0 Å². The molecule has 1 N–H and O–H groups in total. The van der Waals surface area contributed by atoms with Crippen LogP contribution < -0.4 is 5.48 Å². The first kappa shape index (κ1) is 13.9. The highest BCUT2D eigenvalue weighted by atomic mass is 16.7. The number of hydrogen-bond donors (Lipinski definition) is 1. The Morgan fingerprint density at radius 2 is 2.06 bits per heavy atom. The molecular formula is C13H15NO4. The van der Waals surface area contributed by atoms with Gasteiger partial charge in [-0.2, -0.15) is 0 Å². The fraction of sp³-hybridized carbons (Fsp3) is 0.231. The zero-order valence-electron chi connectivity index (χ0n) is 10.1. The Morgan fingerprint density at radius 1 is 1.39 bits per heavy atom. The van der Waals surface area contributed by atoms with Crippen molar-refractivity contribution in [2.24, 2.45) is 0 Å². The maximum absolute atomic E-state index is 11.5. The van der Waals surface area contributed by atoms with E-state index in [9.17, 15) is 9.59 Å². The smallest absolute Gasteiger partial charge is 0.348 e. The summed E-state index contributed by atoms with van der Waals surface area (Å²) in [4.78, 5) is 27.1. The van der Waals surface area contributed by atoms with Gasteiger partial charge in [0.1, 0.15) is 6.04 Å². The molecule has 0 spiro atoms. The molecule has 0 fully saturated rings. The van der Waals surface area contributed by atoms with Gasteiger partial charge in [0, 0.05) is 12.5 Å². The monoisotopic (exact) mass is 249 g/mol. The number of hydrogen-bond acceptors (Lipinski definition) is 5. The van der Waals surface area contributed by atoms with E-state index in [4.69, 9.17) is 0 Å². The average molecular weight is 249 g/mol. The van der Waals surface area contributed by atoms with Crippen molar-refractivity contribution in [3.8, 4) is 0 Å². The van der Waals surface area contributed by atoms with Crippen molar-refractivity contribution in [1.82, 2.24) is 5.48 Å². The van der Waals surface area contributed by atoms with Crippen LogP contribution in [-0.2, 0) is 25.6 Å². The number of methoxy groups -OCH3 is 1. The third-order valence-corrected chi connectivity index (χ3v) is 2.24. The minimum Gasteiger partial charge on any atom is -0.468 e. The number of ether oxygens (including phenoxy) is 1. The molecule has 0 heterocycles. The number of esters is 1. The van der Waals surface area contributed by atoms with Crippen LogP contribution in [-0.4, -0.2) is 25.1 Å². The molecule has 0 aliphatic heterocycles. The topological polar surface area (TPSA) is 64.6 Å². The predicted octanol–water partition coefficient (Wildman–Crippen LogP) is 1.00. The van der Waals surface area contributed by atoms with E-state index in [0.717, 1.165) is 11.6 Å². The van der Waals surface area contributed by atoms with Gasteiger partial charge in [0.2, 0.25) is 0 Å². The lowest BCUT2D eigenvalue weighted by Gasteiger charge is -2.15.